The highest BCUT2D eigenvalue weighted by atomic mass is 16.6. The van der Waals surface area contributed by atoms with Crippen LogP contribution < -0.4 is 10.7 Å². The van der Waals surface area contributed by atoms with Crippen molar-refractivity contribution in [2.24, 2.45) is 5.10 Å². The number of phenolic OH excluding ortho intramolecular Hbond substituents is 1. The molecular formula is C17H16N4O5. The molecule has 9 heteroatoms. The van der Waals surface area contributed by atoms with E-state index >= 15 is 0 Å². The lowest BCUT2D eigenvalue weighted by Gasteiger charge is -2.05. The van der Waals surface area contributed by atoms with Crippen LogP contribution in [0.1, 0.15) is 29.3 Å². The quantitative estimate of drug-likeness (QED) is 0.415. The van der Waals surface area contributed by atoms with Crippen LogP contribution in [0.15, 0.2) is 47.6 Å². The monoisotopic (exact) mass is 356 g/mol. The van der Waals surface area contributed by atoms with Crippen LogP contribution in [0.3, 0.4) is 0 Å². The number of nitrogens with one attached hydrogen (secondary N) is 2. The van der Waals surface area contributed by atoms with Gasteiger partial charge in [0.05, 0.1) is 11.1 Å². The summed E-state index contributed by atoms with van der Waals surface area (Å²) in [6, 6.07) is 9.66. The molecule has 0 aromatic heterocycles. The van der Waals surface area contributed by atoms with Crippen molar-refractivity contribution in [2.75, 3.05) is 5.32 Å². The van der Waals surface area contributed by atoms with Crippen molar-refractivity contribution in [3.63, 3.8) is 0 Å². The standard InChI is InChI=1S/C17H16N4O5/c1-2-16(23)19-13-5-3-11(4-6-13)17(24)20-18-10-12-9-14(21(25)26)7-8-15(12)22/h3-10,22H,2H2,1H3,(H,19,23)(H,20,24)/b18-10+. The molecule has 134 valence electrons. The van der Waals surface area contributed by atoms with Crippen LogP contribution >= 0.6 is 0 Å². The zero-order valence-corrected chi connectivity index (χ0v) is 13.8. The number of carbonyl (C=O) groups excluding carboxylic acids is 2. The molecule has 0 fully saturated rings. The molecular weight excluding hydrogens is 340 g/mol. The third-order valence-electron chi connectivity index (χ3n) is 3.34. The second kappa shape index (κ2) is 8.38. The van der Waals surface area contributed by atoms with Gasteiger partial charge >= 0.3 is 0 Å². The summed E-state index contributed by atoms with van der Waals surface area (Å²) in [5, 5.41) is 26.7. The number of phenols is 1. The molecule has 0 aliphatic heterocycles. The number of nitro groups is 1. The highest BCUT2D eigenvalue weighted by Gasteiger charge is 2.09. The molecule has 0 aliphatic carbocycles. The Morgan fingerprint density at radius 3 is 2.54 bits per heavy atom. The van der Waals surface area contributed by atoms with Gasteiger partial charge in [-0.15, -0.1) is 0 Å². The smallest absolute Gasteiger partial charge is 0.271 e. The van der Waals surface area contributed by atoms with E-state index < -0.39 is 10.8 Å². The predicted molar refractivity (Wildman–Crippen MR) is 95.2 cm³/mol. The van der Waals surface area contributed by atoms with Gasteiger partial charge in [-0.3, -0.25) is 19.7 Å². The van der Waals surface area contributed by atoms with Gasteiger partial charge in [0.2, 0.25) is 5.91 Å². The number of nitro benzene ring substituents is 1. The summed E-state index contributed by atoms with van der Waals surface area (Å²) in [6.07, 6.45) is 1.46. The van der Waals surface area contributed by atoms with Crippen molar-refractivity contribution in [2.45, 2.75) is 13.3 Å². The molecule has 0 spiro atoms. The van der Waals surface area contributed by atoms with Gasteiger partial charge in [0, 0.05) is 35.4 Å². The number of hydrogen-bond acceptors (Lipinski definition) is 6. The minimum absolute atomic E-state index is 0.0946. The highest BCUT2D eigenvalue weighted by Crippen LogP contribution is 2.21. The molecule has 2 aromatic rings. The van der Waals surface area contributed by atoms with E-state index in [1.165, 1.54) is 18.2 Å². The molecule has 2 rings (SSSR count). The minimum Gasteiger partial charge on any atom is -0.507 e. The number of carbonyl (C=O) groups is 2. The summed E-state index contributed by atoms with van der Waals surface area (Å²) in [7, 11) is 0. The molecule has 0 bridgehead atoms. The highest BCUT2D eigenvalue weighted by molar-refractivity contribution is 5.96. The summed E-state index contributed by atoms with van der Waals surface area (Å²) < 4.78 is 0. The number of hydrogen-bond donors (Lipinski definition) is 3. The van der Waals surface area contributed by atoms with Crippen LogP contribution in [0, 0.1) is 10.1 Å². The van der Waals surface area contributed by atoms with Crippen LogP contribution in [0.4, 0.5) is 11.4 Å². The third kappa shape index (κ3) is 4.87. The van der Waals surface area contributed by atoms with Crippen molar-refractivity contribution in [1.82, 2.24) is 5.43 Å². The van der Waals surface area contributed by atoms with Crippen LogP contribution in [-0.2, 0) is 4.79 Å². The van der Waals surface area contributed by atoms with Gasteiger partial charge in [0.1, 0.15) is 5.75 Å². The van der Waals surface area contributed by atoms with Crippen molar-refractivity contribution in [1.29, 1.82) is 0 Å². The maximum Gasteiger partial charge on any atom is 0.271 e. The molecule has 2 amide bonds. The molecule has 26 heavy (non-hydrogen) atoms. The zero-order chi connectivity index (χ0) is 19.1. The summed E-state index contributed by atoms with van der Waals surface area (Å²) in [4.78, 5) is 33.4. The Hall–Kier alpha value is -3.75. The minimum atomic E-state index is -0.603. The van der Waals surface area contributed by atoms with E-state index in [1.807, 2.05) is 0 Å². The zero-order valence-electron chi connectivity index (χ0n) is 13.8. The lowest BCUT2D eigenvalue weighted by atomic mass is 10.2. The number of non-ortho nitro benzene ring substituents is 1. The second-order valence-electron chi connectivity index (χ2n) is 5.18. The Balaban J connectivity index is 2.02. The molecule has 0 radical (unpaired) electrons. The number of hydrazone groups is 1. The SMILES string of the molecule is CCC(=O)Nc1ccc(C(=O)N/N=C/c2cc([N+](=O)[O-])ccc2O)cc1. The average molecular weight is 356 g/mol. The molecule has 0 heterocycles. The third-order valence-corrected chi connectivity index (χ3v) is 3.34. The lowest BCUT2D eigenvalue weighted by molar-refractivity contribution is -0.384. The first-order valence-electron chi connectivity index (χ1n) is 7.61. The van der Waals surface area contributed by atoms with Crippen molar-refractivity contribution in [3.05, 3.63) is 63.7 Å². The fourth-order valence-corrected chi connectivity index (χ4v) is 1.94. The number of rotatable bonds is 6. The maximum absolute atomic E-state index is 12.0. The average Bonchev–Trinajstić information content (AvgIpc) is 2.63. The molecule has 0 unspecified atom stereocenters. The Bertz CT molecular complexity index is 862. The van der Waals surface area contributed by atoms with Crippen LogP contribution in [0.5, 0.6) is 5.75 Å². The molecule has 2 aromatic carbocycles. The van der Waals surface area contributed by atoms with Gasteiger partial charge in [-0.2, -0.15) is 5.10 Å². The van der Waals surface area contributed by atoms with E-state index in [0.29, 0.717) is 17.7 Å². The predicted octanol–water partition coefficient (Wildman–Crippen LogP) is 2.41. The van der Waals surface area contributed by atoms with Gasteiger partial charge < -0.3 is 10.4 Å². The van der Waals surface area contributed by atoms with Crippen LogP contribution in [-0.4, -0.2) is 28.1 Å². The number of benzene rings is 2. The number of nitrogens with zero attached hydrogens (tertiary/aromatic N) is 2. The van der Waals surface area contributed by atoms with E-state index in [0.717, 1.165) is 18.3 Å². The largest absolute Gasteiger partial charge is 0.507 e. The van der Waals surface area contributed by atoms with E-state index in [-0.39, 0.29) is 22.9 Å². The van der Waals surface area contributed by atoms with Gasteiger partial charge in [-0.05, 0) is 30.3 Å². The molecule has 0 atom stereocenters. The first kappa shape index (κ1) is 18.6. The Labute approximate surface area is 148 Å². The van der Waals surface area contributed by atoms with Crippen LogP contribution in [0.2, 0.25) is 0 Å². The van der Waals surface area contributed by atoms with Crippen LogP contribution in [0.25, 0.3) is 0 Å². The normalized spacial score (nSPS) is 10.5. The maximum atomic E-state index is 12.0. The molecule has 0 saturated carbocycles. The summed E-state index contributed by atoms with van der Waals surface area (Å²) >= 11 is 0. The molecule has 9 nitrogen and oxygen atoms in total. The van der Waals surface area contributed by atoms with E-state index in [4.69, 9.17) is 0 Å². The van der Waals surface area contributed by atoms with Gasteiger partial charge in [-0.25, -0.2) is 5.43 Å². The molecule has 0 aliphatic rings. The van der Waals surface area contributed by atoms with E-state index in [2.05, 4.69) is 15.8 Å². The Morgan fingerprint density at radius 1 is 1.23 bits per heavy atom. The second-order valence-corrected chi connectivity index (χ2v) is 5.18. The van der Waals surface area contributed by atoms with E-state index in [1.54, 1.807) is 19.1 Å². The topological polar surface area (TPSA) is 134 Å². The van der Waals surface area contributed by atoms with E-state index in [9.17, 15) is 24.8 Å². The summed E-state index contributed by atoms with van der Waals surface area (Å²) in [5.74, 6) is -0.854. The number of aromatic hydroxyl groups is 1. The van der Waals surface area contributed by atoms with Gasteiger partial charge in [-0.1, -0.05) is 6.92 Å². The number of amides is 2. The first-order chi connectivity index (χ1) is 12.4. The Kier molecular flexibility index (Phi) is 5.99. The fourth-order valence-electron chi connectivity index (χ4n) is 1.94. The lowest BCUT2D eigenvalue weighted by Crippen LogP contribution is -2.17. The number of anilines is 1. The van der Waals surface area contributed by atoms with Gasteiger partial charge in [0.15, 0.2) is 0 Å². The summed E-state index contributed by atoms with van der Waals surface area (Å²) in [5.41, 5.74) is 3.02. The first-order valence-corrected chi connectivity index (χ1v) is 7.61. The van der Waals surface area contributed by atoms with Crippen molar-refractivity contribution >= 4 is 29.4 Å². The Morgan fingerprint density at radius 2 is 1.92 bits per heavy atom. The van der Waals surface area contributed by atoms with Gasteiger partial charge in [0.25, 0.3) is 11.6 Å². The molecule has 0 saturated heterocycles. The molecule has 3 N–H and O–H groups in total. The van der Waals surface area contributed by atoms with Crippen molar-refractivity contribution < 1.29 is 19.6 Å². The fraction of sp³-hybridized carbons (Fsp3) is 0.118. The summed E-state index contributed by atoms with van der Waals surface area (Å²) in [6.45, 7) is 1.73. The van der Waals surface area contributed by atoms with Crippen molar-refractivity contribution in [3.8, 4) is 5.75 Å².